The van der Waals surface area contributed by atoms with Crippen LogP contribution < -0.4 is 11.2 Å². The molecule has 0 saturated heterocycles. The number of hydrogen-bond acceptors (Lipinski definition) is 5. The number of amides is 1. The summed E-state index contributed by atoms with van der Waals surface area (Å²) in [6, 6.07) is 13.6. The zero-order chi connectivity index (χ0) is 18.5. The van der Waals surface area contributed by atoms with Crippen LogP contribution in [0.4, 0.5) is 10.1 Å². The van der Waals surface area contributed by atoms with E-state index in [1.807, 2.05) is 24.3 Å². The number of aromatic nitrogens is 3. The molecule has 3 N–H and O–H groups in total. The van der Waals surface area contributed by atoms with Gasteiger partial charge < -0.3 is 11.2 Å². The van der Waals surface area contributed by atoms with Crippen molar-refractivity contribution in [3.8, 4) is 11.4 Å². The lowest BCUT2D eigenvalue weighted by Gasteiger charge is -2.06. The molecule has 0 aliphatic rings. The highest BCUT2D eigenvalue weighted by atomic mass is 32.2. The summed E-state index contributed by atoms with van der Waals surface area (Å²) in [7, 11) is 0. The van der Waals surface area contributed by atoms with Crippen molar-refractivity contribution in [1.29, 1.82) is 0 Å². The van der Waals surface area contributed by atoms with Crippen LogP contribution in [0.25, 0.3) is 11.4 Å². The number of carbonyl (C=O) groups excluding carboxylic acids is 1. The number of nitrogens with one attached hydrogen (secondary N) is 1. The third-order valence-electron chi connectivity index (χ3n) is 3.73. The van der Waals surface area contributed by atoms with E-state index in [2.05, 4.69) is 22.4 Å². The topological polar surface area (TPSA) is 85.8 Å². The first-order valence-corrected chi connectivity index (χ1v) is 9.03. The second-order valence-electron chi connectivity index (χ2n) is 5.57. The van der Waals surface area contributed by atoms with E-state index >= 15 is 0 Å². The van der Waals surface area contributed by atoms with E-state index in [9.17, 15) is 9.18 Å². The maximum atomic E-state index is 13.3. The highest BCUT2D eigenvalue weighted by Crippen LogP contribution is 2.22. The number of nitrogens with zero attached hydrogens (tertiary/aromatic N) is 3. The highest BCUT2D eigenvalue weighted by Gasteiger charge is 2.14. The third kappa shape index (κ3) is 4.20. The normalized spacial score (nSPS) is 10.7. The van der Waals surface area contributed by atoms with E-state index < -0.39 is 0 Å². The van der Waals surface area contributed by atoms with Gasteiger partial charge in [0.05, 0.1) is 5.75 Å². The molecule has 8 heteroatoms. The summed E-state index contributed by atoms with van der Waals surface area (Å²) in [5.74, 6) is 5.89. The molecule has 0 aliphatic heterocycles. The van der Waals surface area contributed by atoms with Crippen LogP contribution in [0.2, 0.25) is 0 Å². The zero-order valence-electron chi connectivity index (χ0n) is 14.1. The Balaban J connectivity index is 1.61. The van der Waals surface area contributed by atoms with Crippen LogP contribution in [0.15, 0.2) is 53.7 Å². The molecule has 0 saturated carbocycles. The fraction of sp³-hybridized carbons (Fsp3) is 0.167. The van der Waals surface area contributed by atoms with Crippen molar-refractivity contribution in [2.75, 3.05) is 16.9 Å². The SMILES string of the molecule is CCc1ccc(NC(=O)CSc2nnc(-c3cccc(F)c3)n2N)cc1. The van der Waals surface area contributed by atoms with Gasteiger partial charge in [-0.3, -0.25) is 4.79 Å². The van der Waals surface area contributed by atoms with Crippen molar-refractivity contribution in [3.63, 3.8) is 0 Å². The second kappa shape index (κ2) is 8.01. The summed E-state index contributed by atoms with van der Waals surface area (Å²) in [6.07, 6.45) is 0.948. The summed E-state index contributed by atoms with van der Waals surface area (Å²) in [5, 5.41) is 11.1. The molecule has 1 aromatic heterocycles. The van der Waals surface area contributed by atoms with E-state index in [-0.39, 0.29) is 17.5 Å². The molecule has 6 nitrogen and oxygen atoms in total. The fourth-order valence-electron chi connectivity index (χ4n) is 2.35. The van der Waals surface area contributed by atoms with Crippen molar-refractivity contribution in [2.45, 2.75) is 18.5 Å². The number of benzene rings is 2. The number of halogens is 1. The van der Waals surface area contributed by atoms with Crippen LogP contribution in [-0.4, -0.2) is 26.5 Å². The number of thioether (sulfide) groups is 1. The van der Waals surface area contributed by atoms with Gasteiger partial charge in [0.2, 0.25) is 11.1 Å². The highest BCUT2D eigenvalue weighted by molar-refractivity contribution is 7.99. The van der Waals surface area contributed by atoms with Gasteiger partial charge in [0.25, 0.3) is 0 Å². The smallest absolute Gasteiger partial charge is 0.234 e. The molecule has 1 amide bonds. The van der Waals surface area contributed by atoms with Gasteiger partial charge >= 0.3 is 0 Å². The number of carbonyl (C=O) groups is 1. The quantitative estimate of drug-likeness (QED) is 0.514. The van der Waals surface area contributed by atoms with Crippen molar-refractivity contribution in [1.82, 2.24) is 14.9 Å². The van der Waals surface area contributed by atoms with Crippen LogP contribution in [0.1, 0.15) is 12.5 Å². The lowest BCUT2D eigenvalue weighted by molar-refractivity contribution is -0.113. The van der Waals surface area contributed by atoms with Crippen LogP contribution in [0.5, 0.6) is 0 Å². The fourth-order valence-corrected chi connectivity index (χ4v) is 3.01. The predicted octanol–water partition coefficient (Wildman–Crippen LogP) is 3.09. The summed E-state index contributed by atoms with van der Waals surface area (Å²) in [5.41, 5.74) is 2.47. The Hall–Kier alpha value is -2.87. The molecule has 0 spiro atoms. The Morgan fingerprint density at radius 1 is 1.23 bits per heavy atom. The van der Waals surface area contributed by atoms with Gasteiger partial charge in [0.15, 0.2) is 5.82 Å². The molecule has 3 aromatic rings. The van der Waals surface area contributed by atoms with E-state index in [1.165, 1.54) is 22.4 Å². The Morgan fingerprint density at radius 2 is 2.00 bits per heavy atom. The average molecular weight is 371 g/mol. The monoisotopic (exact) mass is 371 g/mol. The van der Waals surface area contributed by atoms with Crippen molar-refractivity contribution >= 4 is 23.4 Å². The molecule has 0 aliphatic carbocycles. The zero-order valence-corrected chi connectivity index (χ0v) is 15.0. The largest absolute Gasteiger partial charge is 0.335 e. The Labute approximate surface area is 154 Å². The van der Waals surface area contributed by atoms with Crippen molar-refractivity contribution in [2.24, 2.45) is 0 Å². The van der Waals surface area contributed by atoms with Gasteiger partial charge in [-0.15, -0.1) is 10.2 Å². The first-order valence-electron chi connectivity index (χ1n) is 8.05. The van der Waals surface area contributed by atoms with Crippen LogP contribution in [-0.2, 0) is 11.2 Å². The Bertz CT molecular complexity index is 910. The predicted molar refractivity (Wildman–Crippen MR) is 101 cm³/mol. The third-order valence-corrected chi connectivity index (χ3v) is 4.67. The van der Waals surface area contributed by atoms with Gasteiger partial charge in [-0.25, -0.2) is 9.07 Å². The Morgan fingerprint density at radius 3 is 2.69 bits per heavy atom. The minimum Gasteiger partial charge on any atom is -0.335 e. The van der Waals surface area contributed by atoms with E-state index in [0.717, 1.165) is 23.9 Å². The lowest BCUT2D eigenvalue weighted by Crippen LogP contribution is -2.16. The van der Waals surface area contributed by atoms with Gasteiger partial charge in [0.1, 0.15) is 5.82 Å². The van der Waals surface area contributed by atoms with Crippen LogP contribution >= 0.6 is 11.8 Å². The van der Waals surface area contributed by atoms with Gasteiger partial charge in [-0.1, -0.05) is 43.0 Å². The number of nitrogens with two attached hydrogens (primary N) is 1. The van der Waals surface area contributed by atoms with Gasteiger partial charge in [-0.05, 0) is 36.2 Å². The standard InChI is InChI=1S/C18H18FN5OS/c1-2-12-6-8-15(9-7-12)21-16(25)11-26-18-23-22-17(24(18)20)13-4-3-5-14(19)10-13/h3-10H,2,11,20H2,1H3,(H,21,25). The molecule has 134 valence electrons. The number of anilines is 1. The molecular formula is C18H18FN5OS. The Kier molecular flexibility index (Phi) is 5.52. The van der Waals surface area contributed by atoms with Crippen molar-refractivity contribution in [3.05, 3.63) is 59.9 Å². The molecule has 26 heavy (non-hydrogen) atoms. The molecule has 0 radical (unpaired) electrons. The van der Waals surface area contributed by atoms with E-state index in [4.69, 9.17) is 5.84 Å². The van der Waals surface area contributed by atoms with Crippen molar-refractivity contribution < 1.29 is 9.18 Å². The average Bonchev–Trinajstić information content (AvgIpc) is 3.01. The van der Waals surface area contributed by atoms with E-state index in [0.29, 0.717) is 16.5 Å². The number of nitrogen functional groups attached to an aromatic ring is 1. The first kappa shape index (κ1) is 17.9. The number of hydrogen-bond donors (Lipinski definition) is 2. The summed E-state index contributed by atoms with van der Waals surface area (Å²) < 4.78 is 14.6. The number of rotatable bonds is 6. The molecule has 0 bridgehead atoms. The van der Waals surface area contributed by atoms with Gasteiger partial charge in [0, 0.05) is 11.3 Å². The minimum atomic E-state index is -0.381. The lowest BCUT2D eigenvalue weighted by atomic mass is 10.1. The van der Waals surface area contributed by atoms with Gasteiger partial charge in [-0.2, -0.15) is 0 Å². The molecular weight excluding hydrogens is 353 g/mol. The molecule has 0 fully saturated rings. The number of aryl methyl sites for hydroxylation is 1. The minimum absolute atomic E-state index is 0.133. The molecule has 3 rings (SSSR count). The molecule has 2 aromatic carbocycles. The summed E-state index contributed by atoms with van der Waals surface area (Å²) >= 11 is 1.16. The second-order valence-corrected chi connectivity index (χ2v) is 6.52. The maximum absolute atomic E-state index is 13.3. The molecule has 0 atom stereocenters. The molecule has 1 heterocycles. The summed E-state index contributed by atoms with van der Waals surface area (Å²) in [4.78, 5) is 12.1. The molecule has 0 unspecified atom stereocenters. The first-order chi connectivity index (χ1) is 12.6. The van der Waals surface area contributed by atoms with Crippen LogP contribution in [0.3, 0.4) is 0 Å². The maximum Gasteiger partial charge on any atom is 0.234 e. The van der Waals surface area contributed by atoms with E-state index in [1.54, 1.807) is 12.1 Å². The summed E-state index contributed by atoms with van der Waals surface area (Å²) in [6.45, 7) is 2.07. The van der Waals surface area contributed by atoms with Crippen LogP contribution in [0, 0.1) is 5.82 Å².